The van der Waals surface area contributed by atoms with Crippen molar-refractivity contribution in [3.8, 4) is 17.9 Å². The van der Waals surface area contributed by atoms with Crippen LogP contribution in [0.1, 0.15) is 16.8 Å². The molecule has 0 spiro atoms. The average molecular weight is 240 g/mol. The van der Waals surface area contributed by atoms with Gasteiger partial charge in [0.15, 0.2) is 0 Å². The van der Waals surface area contributed by atoms with Gasteiger partial charge in [0.1, 0.15) is 5.56 Å². The van der Waals surface area contributed by atoms with Gasteiger partial charge < -0.3 is 4.74 Å². The standard InChI is InChI=1S/C14H12N2O2/c1-10-12(13(17)16-14(15-10)18-2)9-8-11-6-4-3-5-7-11/h3-7H,1-2H3,(H,15,16,17). The van der Waals surface area contributed by atoms with Crippen molar-refractivity contribution in [1.82, 2.24) is 9.97 Å². The quantitative estimate of drug-likeness (QED) is 0.768. The Bertz CT molecular complexity index is 664. The molecule has 4 nitrogen and oxygen atoms in total. The summed E-state index contributed by atoms with van der Waals surface area (Å²) in [4.78, 5) is 18.4. The van der Waals surface area contributed by atoms with Crippen LogP contribution in [0.5, 0.6) is 6.01 Å². The normalized spacial score (nSPS) is 9.44. The Kier molecular flexibility index (Phi) is 3.44. The van der Waals surface area contributed by atoms with Crippen molar-refractivity contribution in [2.75, 3.05) is 7.11 Å². The van der Waals surface area contributed by atoms with Crippen LogP contribution in [0.2, 0.25) is 0 Å². The molecule has 0 saturated heterocycles. The lowest BCUT2D eigenvalue weighted by Gasteiger charge is -2.00. The van der Waals surface area contributed by atoms with Crippen molar-refractivity contribution >= 4 is 0 Å². The molecule has 1 N–H and O–H groups in total. The van der Waals surface area contributed by atoms with Gasteiger partial charge in [-0.3, -0.25) is 9.78 Å². The van der Waals surface area contributed by atoms with E-state index in [2.05, 4.69) is 21.8 Å². The number of H-pyrrole nitrogens is 1. The summed E-state index contributed by atoms with van der Waals surface area (Å²) in [7, 11) is 1.45. The maximum atomic E-state index is 11.8. The summed E-state index contributed by atoms with van der Waals surface area (Å²) < 4.78 is 4.88. The summed E-state index contributed by atoms with van der Waals surface area (Å²) in [6, 6.07) is 9.67. The fourth-order valence-electron chi connectivity index (χ4n) is 1.46. The molecule has 2 aromatic rings. The summed E-state index contributed by atoms with van der Waals surface area (Å²) >= 11 is 0. The molecular weight excluding hydrogens is 228 g/mol. The zero-order chi connectivity index (χ0) is 13.0. The second kappa shape index (κ2) is 5.19. The van der Waals surface area contributed by atoms with E-state index in [0.29, 0.717) is 11.3 Å². The molecule has 0 aliphatic rings. The Hall–Kier alpha value is -2.54. The number of hydrogen-bond acceptors (Lipinski definition) is 3. The Morgan fingerprint density at radius 2 is 1.94 bits per heavy atom. The van der Waals surface area contributed by atoms with E-state index in [0.717, 1.165) is 5.56 Å². The van der Waals surface area contributed by atoms with Crippen molar-refractivity contribution in [3.05, 3.63) is 57.5 Å². The highest BCUT2D eigenvalue weighted by Crippen LogP contribution is 2.03. The first-order valence-electron chi connectivity index (χ1n) is 5.42. The zero-order valence-corrected chi connectivity index (χ0v) is 10.2. The summed E-state index contributed by atoms with van der Waals surface area (Å²) in [5, 5.41) is 0. The van der Waals surface area contributed by atoms with Crippen LogP contribution in [0.15, 0.2) is 35.1 Å². The van der Waals surface area contributed by atoms with Gasteiger partial charge in [-0.05, 0) is 19.1 Å². The highest BCUT2D eigenvalue weighted by Gasteiger charge is 2.05. The van der Waals surface area contributed by atoms with Crippen LogP contribution >= 0.6 is 0 Å². The second-order valence-electron chi connectivity index (χ2n) is 3.65. The van der Waals surface area contributed by atoms with Crippen molar-refractivity contribution < 1.29 is 4.74 Å². The molecule has 1 aromatic heterocycles. The molecule has 1 aromatic carbocycles. The molecule has 0 saturated carbocycles. The van der Waals surface area contributed by atoms with Gasteiger partial charge in [0.25, 0.3) is 11.6 Å². The Balaban J connectivity index is 2.42. The minimum Gasteiger partial charge on any atom is -0.468 e. The highest BCUT2D eigenvalue weighted by molar-refractivity contribution is 5.43. The number of methoxy groups -OCH3 is 1. The molecule has 0 fully saturated rings. The maximum absolute atomic E-state index is 11.8. The average Bonchev–Trinajstić information content (AvgIpc) is 2.38. The lowest BCUT2D eigenvalue weighted by atomic mass is 10.2. The predicted octanol–water partition coefficient (Wildman–Crippen LogP) is 1.49. The van der Waals surface area contributed by atoms with Gasteiger partial charge in [-0.15, -0.1) is 0 Å². The van der Waals surface area contributed by atoms with E-state index in [1.165, 1.54) is 7.11 Å². The molecule has 1 heterocycles. The van der Waals surface area contributed by atoms with Gasteiger partial charge in [0.05, 0.1) is 12.8 Å². The van der Waals surface area contributed by atoms with Crippen LogP contribution in [-0.4, -0.2) is 17.1 Å². The first-order chi connectivity index (χ1) is 8.70. The van der Waals surface area contributed by atoms with Crippen LogP contribution in [0.3, 0.4) is 0 Å². The number of aromatic amines is 1. The number of ether oxygens (including phenoxy) is 1. The lowest BCUT2D eigenvalue weighted by Crippen LogP contribution is -2.15. The topological polar surface area (TPSA) is 55.0 Å². The zero-order valence-electron chi connectivity index (χ0n) is 10.2. The number of benzene rings is 1. The summed E-state index contributed by atoms with van der Waals surface area (Å²) in [6.45, 7) is 1.73. The van der Waals surface area contributed by atoms with Crippen LogP contribution in [0.25, 0.3) is 0 Å². The van der Waals surface area contributed by atoms with Crippen molar-refractivity contribution in [1.29, 1.82) is 0 Å². The van der Waals surface area contributed by atoms with Crippen molar-refractivity contribution in [2.45, 2.75) is 6.92 Å². The minimum absolute atomic E-state index is 0.197. The highest BCUT2D eigenvalue weighted by atomic mass is 16.5. The molecule has 0 aliphatic heterocycles. The molecule has 2 rings (SSSR count). The van der Waals surface area contributed by atoms with Crippen molar-refractivity contribution in [3.63, 3.8) is 0 Å². The van der Waals surface area contributed by atoms with Gasteiger partial charge >= 0.3 is 0 Å². The fraction of sp³-hybridized carbons (Fsp3) is 0.143. The Labute approximate surface area is 105 Å². The van der Waals surface area contributed by atoms with Crippen LogP contribution in [0.4, 0.5) is 0 Å². The van der Waals surface area contributed by atoms with E-state index >= 15 is 0 Å². The molecule has 0 aliphatic carbocycles. The fourth-order valence-corrected chi connectivity index (χ4v) is 1.46. The molecule has 0 bridgehead atoms. The Morgan fingerprint density at radius 1 is 1.22 bits per heavy atom. The van der Waals surface area contributed by atoms with E-state index in [1.54, 1.807) is 6.92 Å². The molecule has 4 heteroatoms. The van der Waals surface area contributed by atoms with Gasteiger partial charge in [0.2, 0.25) is 0 Å². The molecule has 0 atom stereocenters. The van der Waals surface area contributed by atoms with E-state index < -0.39 is 0 Å². The third-order valence-electron chi connectivity index (χ3n) is 2.38. The molecule has 0 amide bonds. The van der Waals surface area contributed by atoms with Crippen molar-refractivity contribution in [2.24, 2.45) is 0 Å². The molecule has 0 radical (unpaired) electrons. The summed E-state index contributed by atoms with van der Waals surface area (Å²) in [5.74, 6) is 5.77. The smallest absolute Gasteiger partial charge is 0.296 e. The minimum atomic E-state index is -0.289. The first-order valence-corrected chi connectivity index (χ1v) is 5.42. The number of rotatable bonds is 1. The van der Waals surface area contributed by atoms with Gasteiger partial charge in [-0.25, -0.2) is 4.98 Å². The van der Waals surface area contributed by atoms with E-state index in [1.807, 2.05) is 30.3 Å². The van der Waals surface area contributed by atoms with Gasteiger partial charge in [-0.1, -0.05) is 30.0 Å². The molecule has 18 heavy (non-hydrogen) atoms. The second-order valence-corrected chi connectivity index (χ2v) is 3.65. The number of nitrogens with zero attached hydrogens (tertiary/aromatic N) is 1. The van der Waals surface area contributed by atoms with Crippen LogP contribution in [0, 0.1) is 18.8 Å². The van der Waals surface area contributed by atoms with E-state index in [-0.39, 0.29) is 11.6 Å². The Morgan fingerprint density at radius 3 is 2.56 bits per heavy atom. The monoisotopic (exact) mass is 240 g/mol. The molecular formula is C14H12N2O2. The van der Waals surface area contributed by atoms with E-state index in [9.17, 15) is 4.79 Å². The van der Waals surface area contributed by atoms with Crippen LogP contribution < -0.4 is 10.3 Å². The maximum Gasteiger partial charge on any atom is 0.296 e. The van der Waals surface area contributed by atoms with Crippen LogP contribution in [-0.2, 0) is 0 Å². The first kappa shape index (κ1) is 11.9. The number of hydrogen-bond donors (Lipinski definition) is 1. The lowest BCUT2D eigenvalue weighted by molar-refractivity contribution is 0.377. The van der Waals surface area contributed by atoms with Gasteiger partial charge in [-0.2, -0.15) is 0 Å². The number of nitrogens with one attached hydrogen (secondary N) is 1. The summed E-state index contributed by atoms with van der Waals surface area (Å²) in [5.41, 5.74) is 1.48. The number of aryl methyl sites for hydroxylation is 1. The number of aromatic nitrogens is 2. The third-order valence-corrected chi connectivity index (χ3v) is 2.38. The molecule has 0 unspecified atom stereocenters. The van der Waals surface area contributed by atoms with E-state index in [4.69, 9.17) is 4.74 Å². The van der Waals surface area contributed by atoms with Gasteiger partial charge in [0, 0.05) is 5.56 Å². The molecule has 90 valence electrons. The predicted molar refractivity (Wildman–Crippen MR) is 68.6 cm³/mol. The third kappa shape index (κ3) is 2.58. The summed E-state index contributed by atoms with van der Waals surface area (Å²) in [6.07, 6.45) is 0. The largest absolute Gasteiger partial charge is 0.468 e. The SMILES string of the molecule is COc1nc(C)c(C#Cc2ccccc2)c(=O)[nH]1.